The van der Waals surface area contributed by atoms with Crippen molar-refractivity contribution in [2.45, 2.75) is 32.3 Å². The minimum absolute atomic E-state index is 0.464. The van der Waals surface area contributed by atoms with Gasteiger partial charge in [-0.2, -0.15) is 4.98 Å². The van der Waals surface area contributed by atoms with E-state index in [1.165, 1.54) is 0 Å². The number of methoxy groups -OCH3 is 1. The van der Waals surface area contributed by atoms with E-state index in [0.29, 0.717) is 24.0 Å². The van der Waals surface area contributed by atoms with Crippen LogP contribution >= 0.6 is 11.6 Å². The molecule has 0 saturated heterocycles. The number of ether oxygens (including phenoxy) is 1. The topological polar surface area (TPSA) is 48.2 Å². The fourth-order valence-electron chi connectivity index (χ4n) is 1.05. The molecule has 80 valence electrons. The molecule has 14 heavy (non-hydrogen) atoms. The molecule has 0 aromatic carbocycles. The van der Waals surface area contributed by atoms with E-state index in [0.717, 1.165) is 6.42 Å². The van der Waals surface area contributed by atoms with Gasteiger partial charge in [0.25, 0.3) is 0 Å². The fraction of sp³-hybridized carbons (Fsp3) is 0.778. The highest BCUT2D eigenvalue weighted by Crippen LogP contribution is 2.25. The van der Waals surface area contributed by atoms with E-state index in [-0.39, 0.29) is 0 Å². The number of rotatable bonds is 5. The highest BCUT2D eigenvalue weighted by Gasteiger charge is 2.29. The van der Waals surface area contributed by atoms with Gasteiger partial charge in [-0.3, -0.25) is 0 Å². The van der Waals surface area contributed by atoms with Crippen LogP contribution in [0, 0.1) is 0 Å². The molecule has 1 unspecified atom stereocenters. The van der Waals surface area contributed by atoms with Crippen LogP contribution in [0.2, 0.25) is 0 Å². The average molecular weight is 219 g/mol. The van der Waals surface area contributed by atoms with Crippen LogP contribution in [-0.2, 0) is 16.8 Å². The van der Waals surface area contributed by atoms with Gasteiger partial charge in [0.1, 0.15) is 5.60 Å². The van der Waals surface area contributed by atoms with Crippen LogP contribution < -0.4 is 0 Å². The number of hydrogen-bond donors (Lipinski definition) is 0. The Kier molecular flexibility index (Phi) is 3.89. The van der Waals surface area contributed by atoms with Crippen molar-refractivity contribution in [3.63, 3.8) is 0 Å². The largest absolute Gasteiger partial charge is 0.370 e. The molecule has 0 aliphatic carbocycles. The number of hydrogen-bond acceptors (Lipinski definition) is 4. The van der Waals surface area contributed by atoms with Gasteiger partial charge in [0, 0.05) is 19.4 Å². The second-order valence-corrected chi connectivity index (χ2v) is 3.62. The summed E-state index contributed by atoms with van der Waals surface area (Å²) < 4.78 is 10.4. The lowest BCUT2D eigenvalue weighted by molar-refractivity contribution is -0.0106. The van der Waals surface area contributed by atoms with Crippen molar-refractivity contribution in [3.05, 3.63) is 11.7 Å². The Bertz CT molecular complexity index is 284. The van der Waals surface area contributed by atoms with E-state index in [1.54, 1.807) is 7.11 Å². The maximum absolute atomic E-state index is 5.57. The maximum Gasteiger partial charge on any atom is 0.227 e. The van der Waals surface area contributed by atoms with Crippen molar-refractivity contribution in [2.24, 2.45) is 0 Å². The monoisotopic (exact) mass is 218 g/mol. The molecule has 1 aromatic heterocycles. The van der Waals surface area contributed by atoms with Crippen molar-refractivity contribution in [2.75, 3.05) is 13.0 Å². The Morgan fingerprint density at radius 2 is 2.29 bits per heavy atom. The van der Waals surface area contributed by atoms with Gasteiger partial charge < -0.3 is 9.26 Å². The quantitative estimate of drug-likeness (QED) is 0.711. The summed E-state index contributed by atoms with van der Waals surface area (Å²) in [5.74, 6) is 1.63. The molecule has 4 nitrogen and oxygen atoms in total. The number of alkyl halides is 1. The molecule has 0 spiro atoms. The molecular weight excluding hydrogens is 204 g/mol. The summed E-state index contributed by atoms with van der Waals surface area (Å²) in [5.41, 5.74) is -0.464. The van der Waals surface area contributed by atoms with Crippen molar-refractivity contribution in [1.82, 2.24) is 10.1 Å². The molecular formula is C9H15ClN2O2. The normalized spacial score (nSPS) is 15.4. The van der Waals surface area contributed by atoms with E-state index in [1.807, 2.05) is 13.8 Å². The first-order valence-corrected chi connectivity index (χ1v) is 5.14. The molecule has 5 heteroatoms. The van der Waals surface area contributed by atoms with Crippen LogP contribution in [0.15, 0.2) is 4.52 Å². The van der Waals surface area contributed by atoms with Crippen molar-refractivity contribution < 1.29 is 9.26 Å². The molecule has 1 heterocycles. The molecule has 0 N–H and O–H groups in total. The van der Waals surface area contributed by atoms with Gasteiger partial charge in [-0.15, -0.1) is 11.6 Å². The molecule has 0 saturated carbocycles. The SMILES string of the molecule is CCC(C)(OC)c1noc(CCCl)n1. The zero-order chi connectivity index (χ0) is 10.6. The summed E-state index contributed by atoms with van der Waals surface area (Å²) in [7, 11) is 1.64. The molecule has 0 aliphatic rings. The van der Waals surface area contributed by atoms with Crippen molar-refractivity contribution in [1.29, 1.82) is 0 Å². The van der Waals surface area contributed by atoms with Gasteiger partial charge in [-0.05, 0) is 13.3 Å². The van der Waals surface area contributed by atoms with E-state index < -0.39 is 5.60 Å². The van der Waals surface area contributed by atoms with E-state index >= 15 is 0 Å². The second kappa shape index (κ2) is 4.75. The van der Waals surface area contributed by atoms with Crippen LogP contribution in [0.1, 0.15) is 32.0 Å². The van der Waals surface area contributed by atoms with Crippen LogP contribution in [0.3, 0.4) is 0 Å². The number of aryl methyl sites for hydroxylation is 1. The van der Waals surface area contributed by atoms with Crippen molar-refractivity contribution in [3.8, 4) is 0 Å². The van der Waals surface area contributed by atoms with Crippen LogP contribution in [0.5, 0.6) is 0 Å². The summed E-state index contributed by atoms with van der Waals surface area (Å²) in [6, 6.07) is 0. The zero-order valence-corrected chi connectivity index (χ0v) is 9.47. The first kappa shape index (κ1) is 11.5. The van der Waals surface area contributed by atoms with Gasteiger partial charge in [0.05, 0.1) is 0 Å². The van der Waals surface area contributed by atoms with E-state index in [9.17, 15) is 0 Å². The van der Waals surface area contributed by atoms with Crippen LogP contribution in [-0.4, -0.2) is 23.1 Å². The van der Waals surface area contributed by atoms with Gasteiger partial charge in [-0.25, -0.2) is 0 Å². The third-order valence-electron chi connectivity index (χ3n) is 2.37. The summed E-state index contributed by atoms with van der Waals surface area (Å²) in [6.07, 6.45) is 1.39. The molecule has 0 radical (unpaired) electrons. The van der Waals surface area contributed by atoms with Gasteiger partial charge in [-0.1, -0.05) is 12.1 Å². The third-order valence-corrected chi connectivity index (χ3v) is 2.56. The predicted octanol–water partition coefficient (Wildman–Crippen LogP) is 2.12. The summed E-state index contributed by atoms with van der Waals surface area (Å²) in [5, 5.41) is 3.88. The smallest absolute Gasteiger partial charge is 0.227 e. The van der Waals surface area contributed by atoms with Gasteiger partial charge in [0.15, 0.2) is 0 Å². The van der Waals surface area contributed by atoms with Gasteiger partial charge in [0.2, 0.25) is 11.7 Å². The Hall–Kier alpha value is -0.610. The second-order valence-electron chi connectivity index (χ2n) is 3.24. The Morgan fingerprint density at radius 1 is 1.57 bits per heavy atom. The lowest BCUT2D eigenvalue weighted by Crippen LogP contribution is -2.24. The third kappa shape index (κ3) is 2.25. The molecule has 1 atom stereocenters. The standard InChI is InChI=1S/C9H15ClN2O2/c1-4-9(2,13-3)8-11-7(5-6-10)14-12-8/h4-6H2,1-3H3. The number of aromatic nitrogens is 2. The predicted molar refractivity (Wildman–Crippen MR) is 53.4 cm³/mol. The molecule has 1 rings (SSSR count). The minimum Gasteiger partial charge on any atom is -0.370 e. The lowest BCUT2D eigenvalue weighted by atomic mass is 10.0. The Morgan fingerprint density at radius 3 is 2.79 bits per heavy atom. The first-order valence-electron chi connectivity index (χ1n) is 4.60. The number of halogens is 1. The Balaban J connectivity index is 2.84. The minimum atomic E-state index is -0.464. The molecule has 0 fully saturated rings. The Labute approximate surface area is 88.6 Å². The molecule has 0 amide bonds. The summed E-state index contributed by atoms with van der Waals surface area (Å²) >= 11 is 5.57. The number of nitrogens with zero attached hydrogens (tertiary/aromatic N) is 2. The average Bonchev–Trinajstić information content (AvgIpc) is 2.66. The fourth-order valence-corrected chi connectivity index (χ4v) is 1.21. The highest BCUT2D eigenvalue weighted by atomic mass is 35.5. The molecule has 0 aliphatic heterocycles. The zero-order valence-electron chi connectivity index (χ0n) is 8.71. The first-order chi connectivity index (χ1) is 6.66. The molecule has 1 aromatic rings. The van der Waals surface area contributed by atoms with Gasteiger partial charge >= 0.3 is 0 Å². The lowest BCUT2D eigenvalue weighted by Gasteiger charge is -2.21. The van der Waals surface area contributed by atoms with E-state index in [2.05, 4.69) is 10.1 Å². The summed E-state index contributed by atoms with van der Waals surface area (Å²) in [4.78, 5) is 4.23. The summed E-state index contributed by atoms with van der Waals surface area (Å²) in [6.45, 7) is 3.95. The van der Waals surface area contributed by atoms with Crippen LogP contribution in [0.25, 0.3) is 0 Å². The maximum atomic E-state index is 5.57. The highest BCUT2D eigenvalue weighted by molar-refractivity contribution is 6.17. The van der Waals surface area contributed by atoms with Crippen LogP contribution in [0.4, 0.5) is 0 Å². The van der Waals surface area contributed by atoms with E-state index in [4.69, 9.17) is 20.9 Å². The van der Waals surface area contributed by atoms with Crippen molar-refractivity contribution >= 4 is 11.6 Å². The molecule has 0 bridgehead atoms.